The van der Waals surface area contributed by atoms with Crippen LogP contribution in [-0.4, -0.2) is 9.19 Å². The van der Waals surface area contributed by atoms with Gasteiger partial charge in [-0.3, -0.25) is 9.19 Å². The van der Waals surface area contributed by atoms with E-state index in [4.69, 9.17) is 17.3 Å². The van der Waals surface area contributed by atoms with Gasteiger partial charge in [0.05, 0.1) is 21.4 Å². The van der Waals surface area contributed by atoms with Gasteiger partial charge in [0.1, 0.15) is 0 Å². The smallest absolute Gasteiger partial charge is 0.0621 e. The van der Waals surface area contributed by atoms with Crippen LogP contribution in [0, 0.1) is 6.92 Å². The summed E-state index contributed by atoms with van der Waals surface area (Å²) in [4.78, 5) is 4.69. The molecule has 0 saturated heterocycles. The molecule has 94 valence electrons. The lowest BCUT2D eigenvalue weighted by molar-refractivity contribution is 0.683. The van der Waals surface area contributed by atoms with E-state index in [2.05, 4.69) is 4.98 Å². The highest BCUT2D eigenvalue weighted by molar-refractivity contribution is 7.84. The fourth-order valence-corrected chi connectivity index (χ4v) is 2.99. The molecule has 3 nitrogen and oxygen atoms in total. The normalized spacial score (nSPS) is 12.3. The molecule has 0 aliphatic carbocycles. The standard InChI is InChI=1S/C13H13ClN2OS/c1-9-4-10(7-16-6-9)8-18(17)13-3-2-11(14)5-12(13)15/h2-7H,8,15H2,1H3. The minimum Gasteiger partial charge on any atom is -0.398 e. The van der Waals surface area contributed by atoms with Crippen molar-refractivity contribution in [2.24, 2.45) is 0 Å². The van der Waals surface area contributed by atoms with Crippen LogP contribution in [0.1, 0.15) is 11.1 Å². The largest absolute Gasteiger partial charge is 0.398 e. The van der Waals surface area contributed by atoms with E-state index >= 15 is 0 Å². The van der Waals surface area contributed by atoms with E-state index in [1.807, 2.05) is 13.0 Å². The zero-order chi connectivity index (χ0) is 13.1. The highest BCUT2D eigenvalue weighted by atomic mass is 35.5. The Kier molecular flexibility index (Phi) is 3.99. The lowest BCUT2D eigenvalue weighted by atomic mass is 10.2. The van der Waals surface area contributed by atoms with Gasteiger partial charge in [-0.25, -0.2) is 0 Å². The van der Waals surface area contributed by atoms with E-state index in [1.54, 1.807) is 30.6 Å². The van der Waals surface area contributed by atoms with Crippen LogP contribution in [0.15, 0.2) is 41.6 Å². The van der Waals surface area contributed by atoms with Gasteiger partial charge in [-0.15, -0.1) is 0 Å². The number of benzene rings is 1. The number of rotatable bonds is 3. The number of pyridine rings is 1. The molecule has 0 aliphatic heterocycles. The van der Waals surface area contributed by atoms with Crippen LogP contribution in [0.3, 0.4) is 0 Å². The molecule has 0 saturated carbocycles. The van der Waals surface area contributed by atoms with Gasteiger partial charge >= 0.3 is 0 Å². The Balaban J connectivity index is 2.22. The summed E-state index contributed by atoms with van der Waals surface area (Å²) in [5, 5.41) is 0.547. The average molecular weight is 281 g/mol. The first-order valence-electron chi connectivity index (χ1n) is 5.40. The summed E-state index contributed by atoms with van der Waals surface area (Å²) in [7, 11) is -1.19. The van der Waals surface area contributed by atoms with E-state index in [1.165, 1.54) is 0 Å². The van der Waals surface area contributed by atoms with Crippen molar-refractivity contribution >= 4 is 28.1 Å². The molecule has 1 aromatic carbocycles. The van der Waals surface area contributed by atoms with E-state index in [0.29, 0.717) is 21.4 Å². The van der Waals surface area contributed by atoms with Gasteiger partial charge in [0.15, 0.2) is 0 Å². The second kappa shape index (κ2) is 5.50. The molecule has 1 heterocycles. The number of nitrogens with two attached hydrogens (primary N) is 1. The van der Waals surface area contributed by atoms with Gasteiger partial charge in [0, 0.05) is 23.1 Å². The van der Waals surface area contributed by atoms with Crippen molar-refractivity contribution in [3.8, 4) is 0 Å². The lowest BCUT2D eigenvalue weighted by Crippen LogP contribution is -2.01. The van der Waals surface area contributed by atoms with E-state index < -0.39 is 10.8 Å². The second-order valence-corrected chi connectivity index (χ2v) is 5.90. The first-order chi connectivity index (χ1) is 8.56. The number of nitrogens with zero attached hydrogens (tertiary/aromatic N) is 1. The molecule has 0 amide bonds. The number of hydrogen-bond donors (Lipinski definition) is 1. The third-order valence-electron chi connectivity index (χ3n) is 2.45. The Morgan fingerprint density at radius 2 is 2.11 bits per heavy atom. The number of halogens is 1. The Labute approximate surface area is 113 Å². The summed E-state index contributed by atoms with van der Waals surface area (Å²) in [5.41, 5.74) is 8.26. The third kappa shape index (κ3) is 3.09. The molecule has 1 aromatic heterocycles. The fraction of sp³-hybridized carbons (Fsp3) is 0.154. The van der Waals surface area contributed by atoms with Crippen molar-refractivity contribution in [3.05, 3.63) is 52.8 Å². The number of nitrogen functional groups attached to an aromatic ring is 1. The monoisotopic (exact) mass is 280 g/mol. The van der Waals surface area contributed by atoms with Crippen molar-refractivity contribution in [3.63, 3.8) is 0 Å². The average Bonchev–Trinajstić information content (AvgIpc) is 2.28. The number of aromatic nitrogens is 1. The van der Waals surface area contributed by atoms with Gasteiger partial charge in [-0.2, -0.15) is 0 Å². The zero-order valence-corrected chi connectivity index (χ0v) is 11.5. The van der Waals surface area contributed by atoms with E-state index in [9.17, 15) is 4.21 Å². The van der Waals surface area contributed by atoms with Crippen LogP contribution in [0.2, 0.25) is 5.02 Å². The van der Waals surface area contributed by atoms with Gasteiger partial charge < -0.3 is 5.73 Å². The summed E-state index contributed by atoms with van der Waals surface area (Å²) in [6, 6.07) is 6.98. The fourth-order valence-electron chi connectivity index (χ4n) is 1.65. The van der Waals surface area contributed by atoms with E-state index in [-0.39, 0.29) is 0 Å². The minimum atomic E-state index is -1.19. The SMILES string of the molecule is Cc1cncc(CS(=O)c2ccc(Cl)cc2N)c1. The number of anilines is 1. The van der Waals surface area contributed by atoms with Crippen molar-refractivity contribution in [2.75, 3.05) is 5.73 Å². The molecule has 0 radical (unpaired) electrons. The minimum absolute atomic E-state index is 0.403. The maximum Gasteiger partial charge on any atom is 0.0621 e. The highest BCUT2D eigenvalue weighted by Crippen LogP contribution is 2.23. The molecule has 0 spiro atoms. The number of hydrogen-bond acceptors (Lipinski definition) is 3. The predicted molar refractivity (Wildman–Crippen MR) is 75.0 cm³/mol. The third-order valence-corrected chi connectivity index (χ3v) is 4.14. The second-order valence-electron chi connectivity index (χ2n) is 4.04. The topological polar surface area (TPSA) is 56.0 Å². The highest BCUT2D eigenvalue weighted by Gasteiger charge is 2.09. The number of aryl methyl sites for hydroxylation is 1. The Morgan fingerprint density at radius 1 is 1.33 bits per heavy atom. The van der Waals surface area contributed by atoms with Gasteiger partial charge in [0.2, 0.25) is 0 Å². The predicted octanol–water partition coefficient (Wildman–Crippen LogP) is 2.93. The maximum absolute atomic E-state index is 12.2. The Morgan fingerprint density at radius 3 is 2.78 bits per heavy atom. The lowest BCUT2D eigenvalue weighted by Gasteiger charge is -2.06. The van der Waals surface area contributed by atoms with Crippen LogP contribution in [0.25, 0.3) is 0 Å². The van der Waals surface area contributed by atoms with Crippen LogP contribution >= 0.6 is 11.6 Å². The van der Waals surface area contributed by atoms with Crippen LogP contribution in [0.5, 0.6) is 0 Å². The first-order valence-corrected chi connectivity index (χ1v) is 7.10. The van der Waals surface area contributed by atoms with Gasteiger partial charge in [-0.1, -0.05) is 17.7 Å². The quantitative estimate of drug-likeness (QED) is 0.880. The molecule has 1 unspecified atom stereocenters. The molecule has 0 fully saturated rings. The Hall–Kier alpha value is -1.39. The molecular formula is C13H13ClN2OS. The van der Waals surface area contributed by atoms with Crippen LogP contribution in [0.4, 0.5) is 5.69 Å². The molecule has 0 aliphatic rings. The molecule has 2 aromatic rings. The summed E-state index contributed by atoms with van der Waals surface area (Å²) in [5.74, 6) is 0.403. The maximum atomic E-state index is 12.2. The van der Waals surface area contributed by atoms with Crippen molar-refractivity contribution in [1.29, 1.82) is 0 Å². The molecular weight excluding hydrogens is 268 g/mol. The molecule has 1 atom stereocenters. The molecule has 18 heavy (non-hydrogen) atoms. The van der Waals surface area contributed by atoms with Crippen LogP contribution in [-0.2, 0) is 16.6 Å². The molecule has 2 N–H and O–H groups in total. The molecule has 2 rings (SSSR count). The van der Waals surface area contributed by atoms with Gasteiger partial charge in [-0.05, 0) is 36.2 Å². The summed E-state index contributed by atoms with van der Waals surface area (Å²) in [6.45, 7) is 1.95. The van der Waals surface area contributed by atoms with Crippen molar-refractivity contribution in [2.45, 2.75) is 17.6 Å². The summed E-state index contributed by atoms with van der Waals surface area (Å²) < 4.78 is 12.2. The summed E-state index contributed by atoms with van der Waals surface area (Å²) >= 11 is 5.81. The van der Waals surface area contributed by atoms with E-state index in [0.717, 1.165) is 11.1 Å². The zero-order valence-electron chi connectivity index (χ0n) is 9.89. The van der Waals surface area contributed by atoms with Gasteiger partial charge in [0.25, 0.3) is 0 Å². The molecule has 5 heteroatoms. The molecule has 0 bridgehead atoms. The Bertz CT molecular complexity index is 601. The van der Waals surface area contributed by atoms with Crippen molar-refractivity contribution < 1.29 is 4.21 Å². The van der Waals surface area contributed by atoms with Crippen LogP contribution < -0.4 is 5.73 Å². The van der Waals surface area contributed by atoms with Crippen molar-refractivity contribution in [1.82, 2.24) is 4.98 Å². The summed E-state index contributed by atoms with van der Waals surface area (Å²) in [6.07, 6.45) is 3.49. The first kappa shape index (κ1) is 13.1.